The first-order valence-electron chi connectivity index (χ1n) is 6.41. The molecule has 1 aromatic carbocycles. The highest BCUT2D eigenvalue weighted by atomic mass is 19.1. The van der Waals surface area contributed by atoms with Crippen LogP contribution in [-0.4, -0.2) is 31.1 Å². The van der Waals surface area contributed by atoms with Crippen LogP contribution >= 0.6 is 0 Å². The Bertz CT molecular complexity index is 473. The number of hydrogen-bond donors (Lipinski definition) is 1. The summed E-state index contributed by atoms with van der Waals surface area (Å²) in [6, 6.07) is 4.31. The molecule has 1 saturated heterocycles. The molecule has 0 spiro atoms. The normalized spacial score (nSPS) is 19.6. The molecule has 0 amide bonds. The fraction of sp³-hybridized carbons (Fsp3) is 0.500. The summed E-state index contributed by atoms with van der Waals surface area (Å²) >= 11 is 0. The van der Waals surface area contributed by atoms with Crippen LogP contribution in [0.1, 0.15) is 24.0 Å². The molecule has 0 bridgehead atoms. The van der Waals surface area contributed by atoms with E-state index in [-0.39, 0.29) is 17.7 Å². The van der Waals surface area contributed by atoms with E-state index >= 15 is 0 Å². The zero-order valence-corrected chi connectivity index (χ0v) is 10.9. The second-order valence-electron chi connectivity index (χ2n) is 4.94. The lowest BCUT2D eigenvalue weighted by molar-refractivity contribution is 0.299. The van der Waals surface area contributed by atoms with Crippen LogP contribution in [-0.2, 0) is 6.54 Å². The van der Waals surface area contributed by atoms with Gasteiger partial charge in [0.2, 0.25) is 0 Å². The molecule has 1 fully saturated rings. The topological polar surface area (TPSA) is 39.1 Å². The SMILES string of the molecule is CN1CCCC1CNCc1c(F)cc(C#N)cc1F. The largest absolute Gasteiger partial charge is 0.311 e. The molecule has 2 rings (SSSR count). The summed E-state index contributed by atoms with van der Waals surface area (Å²) in [4.78, 5) is 2.25. The van der Waals surface area contributed by atoms with Crippen LogP contribution in [0.5, 0.6) is 0 Å². The van der Waals surface area contributed by atoms with E-state index in [0.29, 0.717) is 6.04 Å². The number of rotatable bonds is 4. The smallest absolute Gasteiger partial charge is 0.131 e. The second kappa shape index (κ2) is 6.09. The van der Waals surface area contributed by atoms with Gasteiger partial charge < -0.3 is 10.2 Å². The Balaban J connectivity index is 1.94. The standard InChI is InChI=1S/C14H17F2N3/c1-19-4-2-3-11(19)8-18-9-12-13(15)5-10(7-17)6-14(12)16/h5-6,11,18H,2-4,8-9H2,1H3. The summed E-state index contributed by atoms with van der Waals surface area (Å²) < 4.78 is 27.3. The first kappa shape index (κ1) is 13.9. The van der Waals surface area contributed by atoms with Crippen LogP contribution in [0.2, 0.25) is 0 Å². The molecule has 1 atom stereocenters. The molecular formula is C14H17F2N3. The Morgan fingerprint density at radius 3 is 2.63 bits per heavy atom. The van der Waals surface area contributed by atoms with Gasteiger partial charge in [0, 0.05) is 24.7 Å². The van der Waals surface area contributed by atoms with Crippen LogP contribution in [0.15, 0.2) is 12.1 Å². The molecule has 1 aliphatic rings. The Kier molecular flexibility index (Phi) is 4.46. The summed E-state index contributed by atoms with van der Waals surface area (Å²) in [6.07, 6.45) is 2.28. The van der Waals surface area contributed by atoms with Crippen molar-refractivity contribution in [3.63, 3.8) is 0 Å². The van der Waals surface area contributed by atoms with Gasteiger partial charge in [0.25, 0.3) is 0 Å². The predicted octanol–water partition coefficient (Wildman–Crippen LogP) is 2.02. The average molecular weight is 265 g/mol. The Morgan fingerprint density at radius 2 is 2.11 bits per heavy atom. The van der Waals surface area contributed by atoms with Gasteiger partial charge in [-0.15, -0.1) is 0 Å². The van der Waals surface area contributed by atoms with Crippen molar-refractivity contribution < 1.29 is 8.78 Å². The van der Waals surface area contributed by atoms with Crippen LogP contribution in [0, 0.1) is 23.0 Å². The van der Waals surface area contributed by atoms with Crippen molar-refractivity contribution >= 4 is 0 Å². The highest BCUT2D eigenvalue weighted by Gasteiger charge is 2.20. The number of hydrogen-bond acceptors (Lipinski definition) is 3. The molecule has 0 aliphatic carbocycles. The van der Waals surface area contributed by atoms with E-state index in [0.717, 1.165) is 31.6 Å². The lowest BCUT2D eigenvalue weighted by atomic mass is 10.1. The van der Waals surface area contributed by atoms with Crippen molar-refractivity contribution in [2.45, 2.75) is 25.4 Å². The molecule has 19 heavy (non-hydrogen) atoms. The van der Waals surface area contributed by atoms with Crippen molar-refractivity contribution in [1.29, 1.82) is 5.26 Å². The maximum Gasteiger partial charge on any atom is 0.131 e. The zero-order valence-electron chi connectivity index (χ0n) is 10.9. The summed E-state index contributed by atoms with van der Waals surface area (Å²) in [7, 11) is 2.06. The molecule has 1 heterocycles. The van der Waals surface area contributed by atoms with E-state index in [1.807, 2.05) is 0 Å². The number of nitrogens with one attached hydrogen (secondary N) is 1. The average Bonchev–Trinajstić information content (AvgIpc) is 2.78. The lowest BCUT2D eigenvalue weighted by Crippen LogP contribution is -2.35. The first-order chi connectivity index (χ1) is 9.11. The molecule has 0 aromatic heterocycles. The highest BCUT2D eigenvalue weighted by Crippen LogP contribution is 2.16. The van der Waals surface area contributed by atoms with Gasteiger partial charge in [-0.3, -0.25) is 0 Å². The maximum absolute atomic E-state index is 13.6. The molecule has 1 aliphatic heterocycles. The van der Waals surface area contributed by atoms with E-state index < -0.39 is 11.6 Å². The molecule has 3 nitrogen and oxygen atoms in total. The molecule has 0 saturated carbocycles. The van der Waals surface area contributed by atoms with E-state index in [2.05, 4.69) is 17.3 Å². The lowest BCUT2D eigenvalue weighted by Gasteiger charge is -2.19. The van der Waals surface area contributed by atoms with Crippen molar-refractivity contribution in [3.05, 3.63) is 34.9 Å². The van der Waals surface area contributed by atoms with E-state index in [9.17, 15) is 8.78 Å². The Morgan fingerprint density at radius 1 is 1.42 bits per heavy atom. The summed E-state index contributed by atoms with van der Waals surface area (Å²) in [6.45, 7) is 1.94. The van der Waals surface area contributed by atoms with Gasteiger partial charge in [-0.25, -0.2) is 8.78 Å². The number of nitrogens with zero attached hydrogens (tertiary/aromatic N) is 2. The van der Waals surface area contributed by atoms with Crippen molar-refractivity contribution in [1.82, 2.24) is 10.2 Å². The molecular weight excluding hydrogens is 248 g/mol. The zero-order chi connectivity index (χ0) is 13.8. The van der Waals surface area contributed by atoms with Gasteiger partial charge in [-0.05, 0) is 38.6 Å². The minimum atomic E-state index is -0.663. The summed E-state index contributed by atoms with van der Waals surface area (Å²) in [5.74, 6) is -1.33. The molecule has 1 N–H and O–H groups in total. The van der Waals surface area contributed by atoms with Gasteiger partial charge in [0.15, 0.2) is 0 Å². The van der Waals surface area contributed by atoms with Crippen molar-refractivity contribution in [2.24, 2.45) is 0 Å². The molecule has 1 unspecified atom stereocenters. The minimum absolute atomic E-state index is 0.000324. The van der Waals surface area contributed by atoms with E-state index in [4.69, 9.17) is 5.26 Å². The Hall–Kier alpha value is -1.51. The molecule has 102 valence electrons. The number of nitriles is 1. The molecule has 1 aromatic rings. The van der Waals surface area contributed by atoms with E-state index in [1.54, 1.807) is 6.07 Å². The summed E-state index contributed by atoms with van der Waals surface area (Å²) in [5.41, 5.74) is 0.00827. The van der Waals surface area contributed by atoms with Crippen molar-refractivity contribution in [2.75, 3.05) is 20.1 Å². The summed E-state index contributed by atoms with van der Waals surface area (Å²) in [5, 5.41) is 11.7. The third kappa shape index (κ3) is 3.28. The fourth-order valence-electron chi connectivity index (χ4n) is 2.44. The monoisotopic (exact) mass is 265 g/mol. The van der Waals surface area contributed by atoms with Crippen molar-refractivity contribution in [3.8, 4) is 6.07 Å². The van der Waals surface area contributed by atoms with Crippen LogP contribution in [0.3, 0.4) is 0 Å². The fourth-order valence-corrected chi connectivity index (χ4v) is 2.44. The van der Waals surface area contributed by atoms with Crippen LogP contribution < -0.4 is 5.32 Å². The quantitative estimate of drug-likeness (QED) is 0.905. The number of benzene rings is 1. The number of halogens is 2. The number of likely N-dealkylation sites (tertiary alicyclic amines) is 1. The van der Waals surface area contributed by atoms with Crippen LogP contribution in [0.25, 0.3) is 0 Å². The third-order valence-corrected chi connectivity index (χ3v) is 3.62. The molecule has 0 radical (unpaired) electrons. The second-order valence-corrected chi connectivity index (χ2v) is 4.94. The van der Waals surface area contributed by atoms with E-state index in [1.165, 1.54) is 6.42 Å². The van der Waals surface area contributed by atoms with Gasteiger partial charge in [0.05, 0.1) is 11.6 Å². The number of likely N-dealkylation sites (N-methyl/N-ethyl adjacent to an activating group) is 1. The third-order valence-electron chi connectivity index (χ3n) is 3.62. The van der Waals surface area contributed by atoms with Gasteiger partial charge in [0.1, 0.15) is 11.6 Å². The first-order valence-corrected chi connectivity index (χ1v) is 6.41. The van der Waals surface area contributed by atoms with Gasteiger partial charge in [-0.2, -0.15) is 5.26 Å². The Labute approximate surface area is 111 Å². The minimum Gasteiger partial charge on any atom is -0.311 e. The highest BCUT2D eigenvalue weighted by molar-refractivity contribution is 5.34. The van der Waals surface area contributed by atoms with Gasteiger partial charge in [-0.1, -0.05) is 0 Å². The van der Waals surface area contributed by atoms with Gasteiger partial charge >= 0.3 is 0 Å². The maximum atomic E-state index is 13.6. The molecule has 5 heteroatoms. The predicted molar refractivity (Wildman–Crippen MR) is 68.4 cm³/mol. The van der Waals surface area contributed by atoms with Crippen LogP contribution in [0.4, 0.5) is 8.78 Å².